The molecule has 3 heterocycles. The number of hydrogen-bond donors (Lipinski definition) is 1. The topological polar surface area (TPSA) is 142 Å². The molecular weight excluding hydrogens is 513 g/mol. The Labute approximate surface area is 214 Å². The van der Waals surface area contributed by atoms with Crippen molar-refractivity contribution in [1.82, 2.24) is 9.97 Å². The molecule has 0 radical (unpaired) electrons. The molecule has 4 rings (SSSR count). The number of aromatic nitrogens is 2. The first-order valence-electron chi connectivity index (χ1n) is 11.8. The number of aliphatic carboxylic acids is 1. The third kappa shape index (κ3) is 5.55. The van der Waals surface area contributed by atoms with Crippen LogP contribution in [0.1, 0.15) is 28.9 Å². The van der Waals surface area contributed by atoms with Gasteiger partial charge in [-0.25, -0.2) is 4.79 Å². The van der Waals surface area contributed by atoms with Crippen LogP contribution in [0.5, 0.6) is 0 Å². The summed E-state index contributed by atoms with van der Waals surface area (Å²) >= 11 is 0. The normalized spacial score (nSPS) is 16.9. The van der Waals surface area contributed by atoms with E-state index in [1.54, 1.807) is 20.8 Å². The van der Waals surface area contributed by atoms with Gasteiger partial charge in [-0.05, 0) is 31.0 Å². The second-order valence-corrected chi connectivity index (χ2v) is 8.91. The number of esters is 1. The number of ether oxygens (including phenoxy) is 1. The van der Waals surface area contributed by atoms with E-state index in [-0.39, 0.29) is 51.0 Å². The zero-order valence-electron chi connectivity index (χ0n) is 20.3. The lowest BCUT2D eigenvalue weighted by Gasteiger charge is -2.37. The van der Waals surface area contributed by atoms with Crippen LogP contribution in [0.15, 0.2) is 24.3 Å². The van der Waals surface area contributed by atoms with Crippen molar-refractivity contribution in [2.75, 3.05) is 61.1 Å². The number of alkyl halides is 3. The number of piperidine rings is 1. The Kier molecular flexibility index (Phi) is 7.55. The minimum Gasteiger partial charge on any atom is -0.481 e. The van der Waals surface area contributed by atoms with Crippen LogP contribution in [-0.4, -0.2) is 78.3 Å². The molecule has 2 saturated heterocycles. The summed E-state index contributed by atoms with van der Waals surface area (Å²) in [6, 6.07) is 4.92. The molecular formula is C23H25F3N6O6. The van der Waals surface area contributed by atoms with Crippen molar-refractivity contribution in [3.63, 3.8) is 0 Å². The van der Waals surface area contributed by atoms with Gasteiger partial charge in [0.25, 0.3) is 0 Å². The SMILES string of the molecule is COC(=O)c1nc(N2CCC(C(=O)O)CC2)nc(N2CCN(c3cccc(C(F)(F)F)c3)CC2)c1[N+](=O)[O-]. The van der Waals surface area contributed by atoms with Gasteiger partial charge in [-0.2, -0.15) is 23.1 Å². The number of carboxylic acid groups (broad SMARTS) is 1. The highest BCUT2D eigenvalue weighted by Gasteiger charge is 2.36. The molecule has 0 bridgehead atoms. The van der Waals surface area contributed by atoms with Crippen LogP contribution in [0.25, 0.3) is 0 Å². The largest absolute Gasteiger partial charge is 0.481 e. The molecule has 0 unspecified atom stereocenters. The van der Waals surface area contributed by atoms with Crippen molar-refractivity contribution in [2.24, 2.45) is 5.92 Å². The van der Waals surface area contributed by atoms with Crippen molar-refractivity contribution >= 4 is 35.1 Å². The Morgan fingerprint density at radius 2 is 1.68 bits per heavy atom. The Bertz CT molecular complexity index is 1230. The molecule has 0 spiro atoms. The fourth-order valence-electron chi connectivity index (χ4n) is 4.58. The van der Waals surface area contributed by atoms with Crippen LogP contribution in [-0.2, 0) is 15.7 Å². The third-order valence-corrected chi connectivity index (χ3v) is 6.66. The van der Waals surface area contributed by atoms with E-state index >= 15 is 0 Å². The number of nitro groups is 1. The molecule has 2 aliphatic heterocycles. The fourth-order valence-corrected chi connectivity index (χ4v) is 4.58. The van der Waals surface area contributed by atoms with Gasteiger partial charge >= 0.3 is 23.8 Å². The highest BCUT2D eigenvalue weighted by molar-refractivity contribution is 5.94. The molecule has 204 valence electrons. The lowest BCUT2D eigenvalue weighted by molar-refractivity contribution is -0.384. The van der Waals surface area contributed by atoms with Crippen molar-refractivity contribution < 1.29 is 37.5 Å². The maximum atomic E-state index is 13.1. The lowest BCUT2D eigenvalue weighted by Crippen LogP contribution is -2.47. The first-order valence-corrected chi connectivity index (χ1v) is 11.8. The summed E-state index contributed by atoms with van der Waals surface area (Å²) in [5.41, 5.74) is -1.57. The van der Waals surface area contributed by atoms with Crippen LogP contribution in [0.4, 0.5) is 36.3 Å². The third-order valence-electron chi connectivity index (χ3n) is 6.66. The number of carbonyl (C=O) groups excluding carboxylic acids is 1. The first-order chi connectivity index (χ1) is 18.0. The molecule has 0 aliphatic carbocycles. The zero-order chi connectivity index (χ0) is 27.6. The van der Waals surface area contributed by atoms with Gasteiger partial charge in [0, 0.05) is 45.0 Å². The highest BCUT2D eigenvalue weighted by Crippen LogP contribution is 2.35. The summed E-state index contributed by atoms with van der Waals surface area (Å²) in [4.78, 5) is 48.5. The van der Waals surface area contributed by atoms with Gasteiger partial charge in [0.1, 0.15) is 0 Å². The average Bonchev–Trinajstić information content (AvgIpc) is 2.91. The van der Waals surface area contributed by atoms with Gasteiger partial charge in [0.15, 0.2) is 0 Å². The number of benzene rings is 1. The summed E-state index contributed by atoms with van der Waals surface area (Å²) < 4.78 is 44.2. The number of carboxylic acids is 1. The van der Waals surface area contributed by atoms with Crippen LogP contribution >= 0.6 is 0 Å². The smallest absolute Gasteiger partial charge is 0.416 e. The van der Waals surface area contributed by atoms with Crippen LogP contribution in [0.2, 0.25) is 0 Å². The number of methoxy groups -OCH3 is 1. The predicted octanol–water partition coefficient (Wildman–Crippen LogP) is 2.82. The molecule has 38 heavy (non-hydrogen) atoms. The molecule has 2 aliphatic rings. The number of anilines is 3. The summed E-state index contributed by atoms with van der Waals surface area (Å²) in [5, 5.41) is 21.3. The molecule has 12 nitrogen and oxygen atoms in total. The van der Waals surface area contributed by atoms with Gasteiger partial charge in [-0.15, -0.1) is 0 Å². The summed E-state index contributed by atoms with van der Waals surface area (Å²) in [5.74, 6) is -2.54. The van der Waals surface area contributed by atoms with E-state index in [2.05, 4.69) is 9.97 Å². The molecule has 15 heteroatoms. The Balaban J connectivity index is 1.63. The zero-order valence-corrected chi connectivity index (χ0v) is 20.3. The molecule has 0 amide bonds. The molecule has 2 aromatic rings. The Hall–Kier alpha value is -4.17. The molecule has 0 saturated carbocycles. The van der Waals surface area contributed by atoms with Gasteiger partial charge < -0.3 is 24.5 Å². The molecule has 1 aromatic carbocycles. The van der Waals surface area contributed by atoms with Crippen molar-refractivity contribution in [1.29, 1.82) is 0 Å². The second kappa shape index (κ2) is 10.7. The highest BCUT2D eigenvalue weighted by atomic mass is 19.4. The van der Waals surface area contributed by atoms with E-state index in [1.807, 2.05) is 0 Å². The van der Waals surface area contributed by atoms with Crippen LogP contribution in [0.3, 0.4) is 0 Å². The maximum absolute atomic E-state index is 13.1. The summed E-state index contributed by atoms with van der Waals surface area (Å²) in [7, 11) is 1.07. The van der Waals surface area contributed by atoms with Gasteiger partial charge in [0.2, 0.25) is 17.5 Å². The number of piperazine rings is 1. The van der Waals surface area contributed by atoms with Crippen molar-refractivity contribution in [3.05, 3.63) is 45.6 Å². The van der Waals surface area contributed by atoms with E-state index in [9.17, 15) is 38.0 Å². The van der Waals surface area contributed by atoms with E-state index in [0.717, 1.165) is 19.2 Å². The fraction of sp³-hybridized carbons (Fsp3) is 0.478. The Morgan fingerprint density at radius 1 is 1.05 bits per heavy atom. The molecule has 2 fully saturated rings. The number of carbonyl (C=O) groups is 2. The summed E-state index contributed by atoms with van der Waals surface area (Å²) in [6.45, 7) is 1.39. The number of nitrogens with zero attached hydrogens (tertiary/aromatic N) is 6. The average molecular weight is 538 g/mol. The molecule has 0 atom stereocenters. The van der Waals surface area contributed by atoms with Crippen LogP contribution in [0, 0.1) is 16.0 Å². The standard InChI is InChI=1S/C23H25F3N6O6/c1-38-21(35)17-18(32(36)37)19(28-22(27-17)31-7-5-14(6-8-31)20(33)34)30-11-9-29(10-12-30)16-4-2-3-15(13-16)23(24,25)26/h2-4,13-14H,5-12H2,1H3,(H,33,34). The van der Waals surface area contributed by atoms with E-state index in [0.29, 0.717) is 18.5 Å². The second-order valence-electron chi connectivity index (χ2n) is 8.91. The first kappa shape index (κ1) is 26.9. The van der Waals surface area contributed by atoms with Crippen LogP contribution < -0.4 is 14.7 Å². The van der Waals surface area contributed by atoms with Gasteiger partial charge in [0.05, 0.1) is 23.5 Å². The number of hydrogen-bond acceptors (Lipinski definition) is 10. The van der Waals surface area contributed by atoms with Crippen molar-refractivity contribution in [3.8, 4) is 0 Å². The monoisotopic (exact) mass is 538 g/mol. The minimum atomic E-state index is -4.49. The van der Waals surface area contributed by atoms with E-state index < -0.39 is 45.9 Å². The lowest BCUT2D eigenvalue weighted by atomic mass is 9.97. The summed E-state index contributed by atoms with van der Waals surface area (Å²) in [6.07, 6.45) is -3.86. The quantitative estimate of drug-likeness (QED) is 0.330. The number of rotatable bonds is 6. The molecule has 1 N–H and O–H groups in total. The maximum Gasteiger partial charge on any atom is 0.416 e. The minimum absolute atomic E-state index is 0.0372. The van der Waals surface area contributed by atoms with Crippen molar-refractivity contribution in [2.45, 2.75) is 19.0 Å². The van der Waals surface area contributed by atoms with E-state index in [4.69, 9.17) is 4.74 Å². The number of halogens is 3. The van der Waals surface area contributed by atoms with Gasteiger partial charge in [-0.1, -0.05) is 6.07 Å². The Morgan fingerprint density at radius 3 is 2.24 bits per heavy atom. The molecule has 1 aromatic heterocycles. The van der Waals surface area contributed by atoms with Gasteiger partial charge in [-0.3, -0.25) is 14.9 Å². The van der Waals surface area contributed by atoms with E-state index in [1.165, 1.54) is 6.07 Å². The predicted molar refractivity (Wildman–Crippen MR) is 128 cm³/mol.